The van der Waals surface area contributed by atoms with E-state index >= 15 is 0 Å². The van der Waals surface area contributed by atoms with Gasteiger partial charge < -0.3 is 5.73 Å². The Hall–Kier alpha value is -0.570. The highest BCUT2D eigenvalue weighted by Crippen LogP contribution is 2.22. The zero-order chi connectivity index (χ0) is 10.6. The molecule has 1 rings (SSSR count). The molecule has 14 heavy (non-hydrogen) atoms. The first-order valence-electron chi connectivity index (χ1n) is 5.73. The summed E-state index contributed by atoms with van der Waals surface area (Å²) >= 11 is 0. The van der Waals surface area contributed by atoms with E-state index in [4.69, 9.17) is 11.1 Å². The topological polar surface area (TPSA) is 53.1 Å². The second-order valence-corrected chi connectivity index (χ2v) is 4.37. The van der Waals surface area contributed by atoms with Crippen LogP contribution in [0.4, 0.5) is 0 Å². The lowest BCUT2D eigenvalue weighted by atomic mass is 9.97. The van der Waals surface area contributed by atoms with Gasteiger partial charge in [-0.25, -0.2) is 0 Å². The van der Waals surface area contributed by atoms with Gasteiger partial charge >= 0.3 is 0 Å². The Morgan fingerprint density at radius 3 is 2.86 bits per heavy atom. The van der Waals surface area contributed by atoms with E-state index in [2.05, 4.69) is 18.7 Å². The van der Waals surface area contributed by atoms with Crippen molar-refractivity contribution in [2.45, 2.75) is 58.0 Å². The van der Waals surface area contributed by atoms with Crippen LogP contribution in [-0.2, 0) is 0 Å². The quantitative estimate of drug-likeness (QED) is 0.535. The fourth-order valence-electron chi connectivity index (χ4n) is 2.48. The van der Waals surface area contributed by atoms with Gasteiger partial charge in [0.25, 0.3) is 0 Å². The zero-order valence-corrected chi connectivity index (χ0v) is 9.42. The molecule has 0 spiro atoms. The highest BCUT2D eigenvalue weighted by molar-refractivity contribution is 5.77. The summed E-state index contributed by atoms with van der Waals surface area (Å²) < 4.78 is 0. The van der Waals surface area contributed by atoms with Gasteiger partial charge in [0, 0.05) is 18.5 Å². The van der Waals surface area contributed by atoms with Crippen molar-refractivity contribution in [3.05, 3.63) is 0 Å². The van der Waals surface area contributed by atoms with Crippen molar-refractivity contribution in [1.82, 2.24) is 4.90 Å². The SMILES string of the molecule is CCC1CCCCN1C(C)CC(=N)N. The molecule has 0 amide bonds. The van der Waals surface area contributed by atoms with Crippen molar-refractivity contribution < 1.29 is 0 Å². The van der Waals surface area contributed by atoms with Crippen LogP contribution in [0.5, 0.6) is 0 Å². The van der Waals surface area contributed by atoms with Gasteiger partial charge in [0.15, 0.2) is 0 Å². The van der Waals surface area contributed by atoms with Gasteiger partial charge in [-0.05, 0) is 32.7 Å². The third-order valence-electron chi connectivity index (χ3n) is 3.23. The summed E-state index contributed by atoms with van der Waals surface area (Å²) in [4.78, 5) is 2.53. The predicted molar refractivity (Wildman–Crippen MR) is 60.6 cm³/mol. The molecular formula is C11H23N3. The molecule has 0 radical (unpaired) electrons. The number of amidine groups is 1. The molecule has 0 saturated carbocycles. The number of piperidine rings is 1. The van der Waals surface area contributed by atoms with E-state index in [1.165, 1.54) is 32.2 Å². The first-order chi connectivity index (χ1) is 6.65. The van der Waals surface area contributed by atoms with Crippen molar-refractivity contribution in [3.63, 3.8) is 0 Å². The molecule has 3 N–H and O–H groups in total. The fourth-order valence-corrected chi connectivity index (χ4v) is 2.48. The summed E-state index contributed by atoms with van der Waals surface area (Å²) in [5, 5.41) is 7.32. The second kappa shape index (κ2) is 5.35. The van der Waals surface area contributed by atoms with Crippen LogP contribution in [0.25, 0.3) is 0 Å². The van der Waals surface area contributed by atoms with Crippen molar-refractivity contribution in [1.29, 1.82) is 5.41 Å². The third-order valence-corrected chi connectivity index (χ3v) is 3.23. The molecule has 0 aromatic rings. The molecule has 0 aliphatic carbocycles. The first-order valence-corrected chi connectivity index (χ1v) is 5.73. The minimum absolute atomic E-state index is 0.318. The predicted octanol–water partition coefficient (Wildman–Crippen LogP) is 1.97. The van der Waals surface area contributed by atoms with Crippen LogP contribution >= 0.6 is 0 Å². The van der Waals surface area contributed by atoms with E-state index < -0.39 is 0 Å². The molecular weight excluding hydrogens is 174 g/mol. The van der Waals surface area contributed by atoms with E-state index in [9.17, 15) is 0 Å². The van der Waals surface area contributed by atoms with Gasteiger partial charge in [-0.2, -0.15) is 0 Å². The molecule has 3 nitrogen and oxygen atoms in total. The average molecular weight is 197 g/mol. The maximum atomic E-state index is 7.32. The summed E-state index contributed by atoms with van der Waals surface area (Å²) in [6.45, 7) is 5.63. The molecule has 1 heterocycles. The molecule has 0 aromatic heterocycles. The molecule has 1 aliphatic rings. The highest BCUT2D eigenvalue weighted by Gasteiger charge is 2.25. The maximum Gasteiger partial charge on any atom is 0.0920 e. The van der Waals surface area contributed by atoms with E-state index in [1.807, 2.05) is 0 Å². The van der Waals surface area contributed by atoms with Gasteiger partial charge in [-0.3, -0.25) is 10.3 Å². The zero-order valence-electron chi connectivity index (χ0n) is 9.42. The molecule has 82 valence electrons. The number of likely N-dealkylation sites (tertiary alicyclic amines) is 1. The summed E-state index contributed by atoms with van der Waals surface area (Å²) in [5.41, 5.74) is 5.44. The number of nitrogens with zero attached hydrogens (tertiary/aromatic N) is 1. The van der Waals surface area contributed by atoms with Crippen LogP contribution in [0.15, 0.2) is 0 Å². The summed E-state index contributed by atoms with van der Waals surface area (Å²) in [7, 11) is 0. The highest BCUT2D eigenvalue weighted by atomic mass is 15.2. The Labute approximate surface area is 87.2 Å². The normalized spacial score (nSPS) is 26.0. The standard InChI is InChI=1S/C11H23N3/c1-3-10-6-4-5-7-14(10)9(2)8-11(12)13/h9-10H,3-8H2,1-2H3,(H3,12,13). The number of nitrogens with one attached hydrogen (secondary N) is 1. The summed E-state index contributed by atoms with van der Waals surface area (Å²) in [6.07, 6.45) is 5.93. The molecule has 2 unspecified atom stereocenters. The van der Waals surface area contributed by atoms with Crippen LogP contribution in [0.3, 0.4) is 0 Å². The molecule has 1 aliphatic heterocycles. The molecule has 2 atom stereocenters. The Morgan fingerprint density at radius 2 is 2.29 bits per heavy atom. The van der Waals surface area contributed by atoms with E-state index in [0.29, 0.717) is 11.9 Å². The molecule has 1 saturated heterocycles. The summed E-state index contributed by atoms with van der Waals surface area (Å²) in [6, 6.07) is 1.16. The number of rotatable bonds is 4. The lowest BCUT2D eigenvalue weighted by Crippen LogP contribution is -2.46. The Kier molecular flexibility index (Phi) is 4.39. The van der Waals surface area contributed by atoms with Crippen molar-refractivity contribution >= 4 is 5.84 Å². The largest absolute Gasteiger partial charge is 0.388 e. The van der Waals surface area contributed by atoms with E-state index in [-0.39, 0.29) is 0 Å². The Bertz CT molecular complexity index is 191. The smallest absolute Gasteiger partial charge is 0.0920 e. The van der Waals surface area contributed by atoms with Crippen LogP contribution in [0.2, 0.25) is 0 Å². The second-order valence-electron chi connectivity index (χ2n) is 4.37. The third kappa shape index (κ3) is 2.98. The molecule has 1 fully saturated rings. The minimum atomic E-state index is 0.318. The van der Waals surface area contributed by atoms with Gasteiger partial charge in [0.1, 0.15) is 0 Å². The van der Waals surface area contributed by atoms with E-state index in [0.717, 1.165) is 12.5 Å². The van der Waals surface area contributed by atoms with E-state index in [1.54, 1.807) is 0 Å². The lowest BCUT2D eigenvalue weighted by Gasteiger charge is -2.39. The van der Waals surface area contributed by atoms with Gasteiger partial charge in [0.05, 0.1) is 5.84 Å². The molecule has 3 heteroatoms. The van der Waals surface area contributed by atoms with Crippen molar-refractivity contribution in [2.75, 3.05) is 6.54 Å². The first kappa shape index (κ1) is 11.5. The van der Waals surface area contributed by atoms with Crippen LogP contribution in [0.1, 0.15) is 46.0 Å². The average Bonchev–Trinajstić information content (AvgIpc) is 2.16. The summed E-state index contributed by atoms with van der Waals surface area (Å²) in [5.74, 6) is 0.318. The van der Waals surface area contributed by atoms with Gasteiger partial charge in [0.2, 0.25) is 0 Å². The maximum absolute atomic E-state index is 7.32. The minimum Gasteiger partial charge on any atom is -0.388 e. The number of hydrogen-bond acceptors (Lipinski definition) is 2. The van der Waals surface area contributed by atoms with Gasteiger partial charge in [-0.15, -0.1) is 0 Å². The van der Waals surface area contributed by atoms with Crippen LogP contribution in [0, 0.1) is 5.41 Å². The number of nitrogens with two attached hydrogens (primary N) is 1. The number of hydrogen-bond donors (Lipinski definition) is 2. The monoisotopic (exact) mass is 197 g/mol. The molecule has 0 aromatic carbocycles. The molecule has 0 bridgehead atoms. The fraction of sp³-hybridized carbons (Fsp3) is 0.909. The van der Waals surface area contributed by atoms with Crippen LogP contribution in [-0.4, -0.2) is 29.4 Å². The van der Waals surface area contributed by atoms with Crippen molar-refractivity contribution in [2.24, 2.45) is 5.73 Å². The Morgan fingerprint density at radius 1 is 1.57 bits per heavy atom. The van der Waals surface area contributed by atoms with Crippen molar-refractivity contribution in [3.8, 4) is 0 Å². The van der Waals surface area contributed by atoms with Crippen LogP contribution < -0.4 is 5.73 Å². The lowest BCUT2D eigenvalue weighted by molar-refractivity contribution is 0.103. The van der Waals surface area contributed by atoms with Gasteiger partial charge in [-0.1, -0.05) is 13.3 Å². The Balaban J connectivity index is 2.49.